The molecular weight excluding hydrogens is 462 g/mol. The van der Waals surface area contributed by atoms with Crippen molar-refractivity contribution < 1.29 is 13.3 Å². The smallest absolute Gasteiger partial charge is 0.258 e. The van der Waals surface area contributed by atoms with Crippen LogP contribution in [0.3, 0.4) is 0 Å². The lowest BCUT2D eigenvalue weighted by molar-refractivity contribution is 0.404. The maximum atomic E-state index is 13.9. The van der Waals surface area contributed by atoms with Gasteiger partial charge in [-0.25, -0.2) is 8.78 Å². The molecule has 0 saturated carbocycles. The Morgan fingerprint density at radius 1 is 1.09 bits per heavy atom. The second kappa shape index (κ2) is 8.49. The van der Waals surface area contributed by atoms with Gasteiger partial charge in [-0.1, -0.05) is 23.4 Å². The molecule has 0 bridgehead atoms. The van der Waals surface area contributed by atoms with Crippen molar-refractivity contribution in [2.75, 3.05) is 4.90 Å². The number of nitrogens with one attached hydrogen (secondary N) is 1. The van der Waals surface area contributed by atoms with Crippen molar-refractivity contribution in [2.45, 2.75) is 19.9 Å². The summed E-state index contributed by atoms with van der Waals surface area (Å²) in [4.78, 5) is 7.33. The lowest BCUT2D eigenvalue weighted by Crippen LogP contribution is -2.46. The number of hydrogen-bond acceptors (Lipinski definition) is 5. The van der Waals surface area contributed by atoms with Gasteiger partial charge in [-0.3, -0.25) is 4.90 Å². The highest BCUT2D eigenvalue weighted by molar-refractivity contribution is 7.80. The summed E-state index contributed by atoms with van der Waals surface area (Å²) >= 11 is 7.20. The van der Waals surface area contributed by atoms with Crippen LogP contribution in [0.2, 0.25) is 0 Å². The molecule has 0 spiro atoms. The van der Waals surface area contributed by atoms with E-state index in [1.54, 1.807) is 31.2 Å². The minimum atomic E-state index is -0.437. The van der Waals surface area contributed by atoms with Gasteiger partial charge in [0, 0.05) is 11.4 Å². The van der Waals surface area contributed by atoms with E-state index in [0.717, 1.165) is 16.1 Å². The van der Waals surface area contributed by atoms with E-state index in [4.69, 9.17) is 16.7 Å². The fraction of sp³-hybridized carbons (Fsp3) is 0.125. The predicted octanol–water partition coefficient (Wildman–Crippen LogP) is 6.25. The molecule has 33 heavy (non-hydrogen) atoms. The average Bonchev–Trinajstić information content (AvgIpc) is 3.48. The second-order valence-corrected chi connectivity index (χ2v) is 8.94. The first-order valence-corrected chi connectivity index (χ1v) is 11.4. The Bertz CT molecular complexity index is 1360. The number of anilines is 1. The summed E-state index contributed by atoms with van der Waals surface area (Å²) in [5.74, 6) is 0.179. The number of halogens is 2. The van der Waals surface area contributed by atoms with Crippen molar-refractivity contribution >= 4 is 39.9 Å². The third kappa shape index (κ3) is 3.94. The molecule has 3 heterocycles. The van der Waals surface area contributed by atoms with Crippen molar-refractivity contribution in [2.24, 2.45) is 0 Å². The molecule has 0 amide bonds. The molecule has 1 aliphatic heterocycles. The van der Waals surface area contributed by atoms with Gasteiger partial charge in [-0.05, 0) is 79.0 Å². The number of benzene rings is 2. The highest BCUT2D eigenvalue weighted by atomic mass is 32.1. The molecule has 0 radical (unpaired) electrons. The van der Waals surface area contributed by atoms with Crippen LogP contribution in [0.4, 0.5) is 14.5 Å². The summed E-state index contributed by atoms with van der Waals surface area (Å²) in [6.07, 6.45) is 0. The SMILES string of the molecule is CC1=C(c2nc(-c3cccs3)no2)C(c2ccc(F)cc2)NC(=S)N1c1ccc(F)c(C)c1. The first-order valence-electron chi connectivity index (χ1n) is 10.1. The van der Waals surface area contributed by atoms with E-state index >= 15 is 0 Å². The summed E-state index contributed by atoms with van der Waals surface area (Å²) in [6, 6.07) is 14.4. The van der Waals surface area contributed by atoms with Crippen LogP contribution in [0.15, 0.2) is 70.2 Å². The molecule has 9 heteroatoms. The van der Waals surface area contributed by atoms with Crippen LogP contribution in [-0.2, 0) is 0 Å². The Labute approximate surface area is 198 Å². The molecule has 5 rings (SSSR count). The summed E-state index contributed by atoms with van der Waals surface area (Å²) in [5.41, 5.74) is 3.45. The summed E-state index contributed by atoms with van der Waals surface area (Å²) < 4.78 is 33.2. The van der Waals surface area contributed by atoms with Crippen molar-refractivity contribution in [3.05, 3.63) is 94.3 Å². The fourth-order valence-electron chi connectivity index (χ4n) is 3.84. The van der Waals surface area contributed by atoms with Crippen molar-refractivity contribution in [1.29, 1.82) is 0 Å². The predicted molar refractivity (Wildman–Crippen MR) is 129 cm³/mol. The Hall–Kier alpha value is -3.43. The van der Waals surface area contributed by atoms with Crippen molar-refractivity contribution in [3.8, 4) is 10.7 Å². The Balaban J connectivity index is 1.67. The normalized spacial score (nSPS) is 16.3. The van der Waals surface area contributed by atoms with Gasteiger partial charge in [0.15, 0.2) is 5.11 Å². The number of thiophene rings is 1. The zero-order valence-electron chi connectivity index (χ0n) is 17.7. The molecule has 0 saturated heterocycles. The summed E-state index contributed by atoms with van der Waals surface area (Å²) in [6.45, 7) is 3.60. The maximum Gasteiger partial charge on any atom is 0.258 e. The minimum Gasteiger partial charge on any atom is -0.351 e. The number of aromatic nitrogens is 2. The van der Waals surface area contributed by atoms with Crippen LogP contribution in [0, 0.1) is 18.6 Å². The monoisotopic (exact) mass is 480 g/mol. The van der Waals surface area contributed by atoms with Gasteiger partial charge in [0.1, 0.15) is 11.6 Å². The van der Waals surface area contributed by atoms with Gasteiger partial charge in [0.25, 0.3) is 5.89 Å². The van der Waals surface area contributed by atoms with E-state index in [0.29, 0.717) is 33.7 Å². The number of allylic oxidation sites excluding steroid dienone is 1. The van der Waals surface area contributed by atoms with Crippen LogP contribution >= 0.6 is 23.6 Å². The maximum absolute atomic E-state index is 13.9. The third-order valence-electron chi connectivity index (χ3n) is 5.49. The minimum absolute atomic E-state index is 0.293. The largest absolute Gasteiger partial charge is 0.351 e. The van der Waals surface area contributed by atoms with Gasteiger partial charge in [-0.15, -0.1) is 11.3 Å². The van der Waals surface area contributed by atoms with Gasteiger partial charge >= 0.3 is 0 Å². The molecule has 0 fully saturated rings. The summed E-state index contributed by atoms with van der Waals surface area (Å²) in [5, 5.41) is 9.84. The Morgan fingerprint density at radius 2 is 1.88 bits per heavy atom. The van der Waals surface area contributed by atoms with Crippen molar-refractivity contribution in [3.63, 3.8) is 0 Å². The first-order chi connectivity index (χ1) is 15.9. The topological polar surface area (TPSA) is 54.2 Å². The van der Waals surface area contributed by atoms with E-state index in [2.05, 4.69) is 15.5 Å². The van der Waals surface area contributed by atoms with Crippen LogP contribution in [0.25, 0.3) is 16.3 Å². The summed E-state index contributed by atoms with van der Waals surface area (Å²) in [7, 11) is 0. The molecule has 1 N–H and O–H groups in total. The Morgan fingerprint density at radius 3 is 2.58 bits per heavy atom. The average molecular weight is 481 g/mol. The van der Waals surface area contributed by atoms with Gasteiger partial charge in [-0.2, -0.15) is 4.98 Å². The second-order valence-electron chi connectivity index (χ2n) is 7.60. The van der Waals surface area contributed by atoms with Crippen LogP contribution in [0.5, 0.6) is 0 Å². The molecule has 1 aliphatic rings. The zero-order valence-corrected chi connectivity index (χ0v) is 19.3. The molecule has 166 valence electrons. The van der Waals surface area contributed by atoms with E-state index in [1.165, 1.54) is 29.5 Å². The standard InChI is InChI=1S/C24H18F2N4OS2/c1-13-12-17(9-10-18(13)26)30-14(2)20(23-28-22(29-31-23)19-4-3-11-33-19)21(27-24(30)32)15-5-7-16(25)8-6-15/h3-12,21H,1-2H3,(H,27,32). The first kappa shape index (κ1) is 21.4. The molecular formula is C24H18F2N4OS2. The van der Waals surface area contributed by atoms with Gasteiger partial charge in [0.05, 0.1) is 16.5 Å². The van der Waals surface area contributed by atoms with Crippen LogP contribution < -0.4 is 10.2 Å². The van der Waals surface area contributed by atoms with E-state index in [-0.39, 0.29) is 11.6 Å². The molecule has 5 nitrogen and oxygen atoms in total. The Kier molecular flexibility index (Phi) is 5.51. The van der Waals surface area contributed by atoms with Gasteiger partial charge in [0.2, 0.25) is 5.82 Å². The number of hydrogen-bond donors (Lipinski definition) is 1. The van der Waals surface area contributed by atoms with Crippen LogP contribution in [-0.4, -0.2) is 15.3 Å². The molecule has 1 atom stereocenters. The fourth-order valence-corrected chi connectivity index (χ4v) is 4.85. The third-order valence-corrected chi connectivity index (χ3v) is 6.65. The lowest BCUT2D eigenvalue weighted by Gasteiger charge is -2.37. The zero-order chi connectivity index (χ0) is 23.1. The van der Waals surface area contributed by atoms with Gasteiger partial charge < -0.3 is 9.84 Å². The quantitative estimate of drug-likeness (QED) is 0.349. The highest BCUT2D eigenvalue weighted by Crippen LogP contribution is 2.39. The number of rotatable bonds is 4. The number of nitrogens with zero attached hydrogens (tertiary/aromatic N) is 3. The van der Waals surface area contributed by atoms with Crippen LogP contribution in [0.1, 0.15) is 30.0 Å². The molecule has 2 aromatic carbocycles. The lowest BCUT2D eigenvalue weighted by atomic mass is 9.94. The molecule has 0 aliphatic carbocycles. The molecule has 2 aromatic heterocycles. The highest BCUT2D eigenvalue weighted by Gasteiger charge is 2.35. The number of thiocarbonyl (C=S) groups is 1. The van der Waals surface area contributed by atoms with E-state index in [1.807, 2.05) is 29.3 Å². The molecule has 1 unspecified atom stereocenters. The number of aryl methyl sites for hydroxylation is 1. The van der Waals surface area contributed by atoms with E-state index < -0.39 is 6.04 Å². The van der Waals surface area contributed by atoms with Crippen molar-refractivity contribution in [1.82, 2.24) is 15.5 Å². The van der Waals surface area contributed by atoms with E-state index in [9.17, 15) is 8.78 Å². The molecule has 4 aromatic rings.